The Morgan fingerprint density at radius 3 is 2.17 bits per heavy atom. The Hall–Kier alpha value is -4.15. The van der Waals surface area contributed by atoms with E-state index in [0.717, 1.165) is 63.7 Å². The number of aromatic nitrogens is 2. The first-order valence-corrected chi connectivity index (χ1v) is 23.2. The number of benzene rings is 4. The van der Waals surface area contributed by atoms with Crippen molar-refractivity contribution in [3.63, 3.8) is 0 Å². The summed E-state index contributed by atoms with van der Waals surface area (Å²) in [6.45, 7) is 11.9. The van der Waals surface area contributed by atoms with Crippen LogP contribution in [0, 0.1) is 18.1 Å². The normalized spacial score (nSPS) is 13.9. The van der Waals surface area contributed by atoms with Crippen LogP contribution in [0.1, 0.15) is 67.3 Å². The predicted molar refractivity (Wildman–Crippen MR) is 225 cm³/mol. The first-order valence-electron chi connectivity index (χ1n) is 19.7. The number of hydrogen-bond donors (Lipinski definition) is 0. The molecule has 9 rings (SSSR count). The first kappa shape index (κ1) is 38.1. The Kier molecular flexibility index (Phi) is 11.5. The minimum Gasteiger partial charge on any atom is -0.501 e. The number of nitrogens with zero attached hydrogens (tertiary/aromatic N) is 2. The van der Waals surface area contributed by atoms with Crippen LogP contribution in [-0.4, -0.2) is 18.0 Å². The topological polar surface area (TPSA) is 38.9 Å². The molecule has 0 amide bonds. The van der Waals surface area contributed by atoms with Gasteiger partial charge in [0.25, 0.3) is 0 Å². The smallest absolute Gasteiger partial charge is 0.121 e. The molecule has 0 saturated carbocycles. The summed E-state index contributed by atoms with van der Waals surface area (Å²) in [5.41, 5.74) is 15.9. The van der Waals surface area contributed by atoms with E-state index in [9.17, 15) is 0 Å². The maximum absolute atomic E-state index is 6.42. The number of aryl methyl sites for hydroxylation is 2. The molecule has 0 saturated heterocycles. The van der Waals surface area contributed by atoms with Crippen LogP contribution in [0.25, 0.3) is 55.6 Å². The molecule has 5 heteroatoms. The fourth-order valence-corrected chi connectivity index (χ4v) is 10.1. The second kappa shape index (κ2) is 16.3. The first-order chi connectivity index (χ1) is 25.7. The standard InChI is InChI=1S/C27H20NO.C22H30NSi.Ir/c1-2-7-18(8-3-1)20-13-14-22-23-11-6-12-24(27(23)29-25(22)17-20)26-21-10-5-4-9-19(21)15-16-28-26;1-16(2)13-18-14-21(23-15-22(18)24(3,4)5)20-12-8-10-17-9-6-7-11-19(17)20;/h1-3,6-8,11,13-17H,4-5,9-10H2;8,10,14-16H,6-7,9,11,13H2,1-5H3;/q2*-1;. The number of rotatable bonds is 6. The van der Waals surface area contributed by atoms with Crippen LogP contribution in [0.4, 0.5) is 0 Å². The van der Waals surface area contributed by atoms with E-state index >= 15 is 0 Å². The van der Waals surface area contributed by atoms with Gasteiger partial charge in [-0.25, -0.2) is 0 Å². The molecule has 0 unspecified atom stereocenters. The van der Waals surface area contributed by atoms with Crippen molar-refractivity contribution in [2.45, 2.75) is 91.3 Å². The third kappa shape index (κ3) is 7.82. The molecule has 0 fully saturated rings. The molecule has 0 N–H and O–H groups in total. The number of pyridine rings is 2. The minimum atomic E-state index is -1.37. The summed E-state index contributed by atoms with van der Waals surface area (Å²) in [5.74, 6) is 0.670. The van der Waals surface area contributed by atoms with Crippen LogP contribution in [0.3, 0.4) is 0 Å². The van der Waals surface area contributed by atoms with Gasteiger partial charge >= 0.3 is 0 Å². The van der Waals surface area contributed by atoms with Gasteiger partial charge in [-0.15, -0.1) is 53.1 Å². The van der Waals surface area contributed by atoms with Gasteiger partial charge in [0.1, 0.15) is 5.58 Å². The zero-order valence-electron chi connectivity index (χ0n) is 32.3. The third-order valence-electron chi connectivity index (χ3n) is 11.1. The van der Waals surface area contributed by atoms with Gasteiger partial charge < -0.3 is 14.4 Å². The zero-order chi connectivity index (χ0) is 36.5. The molecule has 7 aromatic rings. The van der Waals surface area contributed by atoms with Crippen molar-refractivity contribution in [3.05, 3.63) is 137 Å². The van der Waals surface area contributed by atoms with Gasteiger partial charge in [0.2, 0.25) is 0 Å². The Bertz CT molecular complexity index is 2410. The third-order valence-corrected chi connectivity index (χ3v) is 13.1. The molecule has 0 aliphatic heterocycles. The quantitative estimate of drug-likeness (QED) is 0.123. The predicted octanol–water partition coefficient (Wildman–Crippen LogP) is 12.2. The van der Waals surface area contributed by atoms with E-state index in [2.05, 4.69) is 125 Å². The fourth-order valence-electron chi connectivity index (χ4n) is 8.46. The summed E-state index contributed by atoms with van der Waals surface area (Å²) in [7, 11) is -1.37. The van der Waals surface area contributed by atoms with Crippen LogP contribution in [0.5, 0.6) is 0 Å². The van der Waals surface area contributed by atoms with Gasteiger partial charge in [0.15, 0.2) is 0 Å². The van der Waals surface area contributed by atoms with Crippen LogP contribution < -0.4 is 5.19 Å². The second-order valence-corrected chi connectivity index (χ2v) is 21.5. The SMILES string of the molecule is CC(C)Cc1cc(-c2[c-]ccc3c2CCCC3)ncc1[Si](C)(C)C.[Ir].[c-]1ccc2c(oc3cc(-c4ccccc4)ccc32)c1-c1nccc2c1CCCC2. The fraction of sp³-hybridized carbons (Fsp3) is 0.306. The van der Waals surface area contributed by atoms with Crippen molar-refractivity contribution in [1.82, 2.24) is 9.97 Å². The van der Waals surface area contributed by atoms with Crippen molar-refractivity contribution in [2.24, 2.45) is 5.92 Å². The maximum Gasteiger partial charge on any atom is 0.121 e. The molecule has 54 heavy (non-hydrogen) atoms. The summed E-state index contributed by atoms with van der Waals surface area (Å²) in [4.78, 5) is 9.65. The van der Waals surface area contributed by atoms with Crippen LogP contribution in [0.2, 0.25) is 19.6 Å². The van der Waals surface area contributed by atoms with E-state index < -0.39 is 8.07 Å². The summed E-state index contributed by atoms with van der Waals surface area (Å²) < 4.78 is 6.42. The van der Waals surface area contributed by atoms with Gasteiger partial charge in [-0.1, -0.05) is 129 Å². The number of fused-ring (bicyclic) bond motifs is 5. The van der Waals surface area contributed by atoms with Gasteiger partial charge in [-0.3, -0.25) is 0 Å². The molecular formula is C49H50IrN2OSi-2. The Morgan fingerprint density at radius 1 is 0.704 bits per heavy atom. The van der Waals surface area contributed by atoms with E-state index in [4.69, 9.17) is 14.4 Å². The van der Waals surface area contributed by atoms with Gasteiger partial charge in [-0.05, 0) is 84.3 Å². The minimum absolute atomic E-state index is 0. The molecule has 1 radical (unpaired) electrons. The maximum atomic E-state index is 6.42. The van der Waals surface area contributed by atoms with E-state index in [1.807, 2.05) is 18.3 Å². The zero-order valence-corrected chi connectivity index (χ0v) is 35.7. The van der Waals surface area contributed by atoms with Crippen LogP contribution in [-0.2, 0) is 52.2 Å². The van der Waals surface area contributed by atoms with E-state index in [0.29, 0.717) is 5.92 Å². The van der Waals surface area contributed by atoms with E-state index in [-0.39, 0.29) is 20.1 Å². The molecule has 3 nitrogen and oxygen atoms in total. The van der Waals surface area contributed by atoms with Crippen molar-refractivity contribution in [1.29, 1.82) is 0 Å². The molecule has 3 heterocycles. The largest absolute Gasteiger partial charge is 0.501 e. The Balaban J connectivity index is 0.000000167. The monoisotopic (exact) mass is 903 g/mol. The summed E-state index contributed by atoms with van der Waals surface area (Å²) in [5, 5.41) is 3.79. The average Bonchev–Trinajstić information content (AvgIpc) is 3.56. The van der Waals surface area contributed by atoms with Crippen molar-refractivity contribution in [3.8, 4) is 33.6 Å². The summed E-state index contributed by atoms with van der Waals surface area (Å²) >= 11 is 0. The van der Waals surface area contributed by atoms with E-state index in [1.165, 1.54) is 82.7 Å². The molecule has 2 aliphatic rings. The second-order valence-electron chi connectivity index (χ2n) is 16.4. The van der Waals surface area contributed by atoms with Crippen LogP contribution >= 0.6 is 0 Å². The number of furan rings is 1. The summed E-state index contributed by atoms with van der Waals surface area (Å²) in [6.07, 6.45) is 15.0. The molecule has 0 atom stereocenters. The average molecular weight is 903 g/mol. The van der Waals surface area contributed by atoms with Gasteiger partial charge in [0, 0.05) is 37.9 Å². The van der Waals surface area contributed by atoms with Crippen molar-refractivity contribution in [2.75, 3.05) is 0 Å². The summed E-state index contributed by atoms with van der Waals surface area (Å²) in [6, 6.07) is 36.8. The molecule has 2 aliphatic carbocycles. The molecular weight excluding hydrogens is 853 g/mol. The molecule has 277 valence electrons. The Labute approximate surface area is 336 Å². The van der Waals surface area contributed by atoms with E-state index in [1.54, 1.807) is 0 Å². The molecule has 3 aromatic heterocycles. The number of hydrogen-bond acceptors (Lipinski definition) is 3. The van der Waals surface area contributed by atoms with Gasteiger partial charge in [0.05, 0.1) is 13.7 Å². The molecule has 4 aromatic carbocycles. The molecule has 0 spiro atoms. The van der Waals surface area contributed by atoms with Crippen molar-refractivity contribution >= 4 is 35.2 Å². The molecule has 0 bridgehead atoms. The van der Waals surface area contributed by atoms with Crippen molar-refractivity contribution < 1.29 is 24.5 Å². The van der Waals surface area contributed by atoms with Crippen LogP contribution in [0.15, 0.2) is 102 Å². The Morgan fingerprint density at radius 2 is 1.41 bits per heavy atom. The van der Waals surface area contributed by atoms with Gasteiger partial charge in [-0.2, -0.15) is 0 Å².